The van der Waals surface area contributed by atoms with Gasteiger partial charge in [0.2, 0.25) is 0 Å². The summed E-state index contributed by atoms with van der Waals surface area (Å²) in [6.07, 6.45) is 1.48. The number of para-hydroxylation sites is 1. The summed E-state index contributed by atoms with van der Waals surface area (Å²) >= 11 is 0. The number of nitrogens with zero attached hydrogens (tertiary/aromatic N) is 3. The molecule has 0 bridgehead atoms. The molecule has 0 unspecified atom stereocenters. The lowest BCUT2D eigenvalue weighted by atomic mass is 10.2. The minimum absolute atomic E-state index is 0.0440. The van der Waals surface area contributed by atoms with Gasteiger partial charge in [0.1, 0.15) is 23.7 Å². The molecule has 0 atom stereocenters. The third-order valence-corrected chi connectivity index (χ3v) is 3.88. The van der Waals surface area contributed by atoms with Gasteiger partial charge in [-0.1, -0.05) is 18.2 Å². The molecule has 4 aromatic rings. The van der Waals surface area contributed by atoms with Gasteiger partial charge >= 0.3 is 0 Å². The van der Waals surface area contributed by atoms with Crippen LogP contribution in [0.2, 0.25) is 0 Å². The number of fused-ring (bicyclic) bond motifs is 1. The number of nitrogens with one attached hydrogen (secondary N) is 1. The van der Waals surface area contributed by atoms with E-state index in [0.717, 1.165) is 33.9 Å². The van der Waals surface area contributed by atoms with Crippen molar-refractivity contribution < 1.29 is 9.84 Å². The summed E-state index contributed by atoms with van der Waals surface area (Å²) in [6, 6.07) is 17.5. The van der Waals surface area contributed by atoms with Gasteiger partial charge < -0.3 is 14.4 Å². The lowest BCUT2D eigenvalue weighted by molar-refractivity contribution is 0.272. The first kappa shape index (κ1) is 14.5. The molecule has 0 fully saturated rings. The van der Waals surface area contributed by atoms with Gasteiger partial charge in [0.05, 0.1) is 18.7 Å². The van der Waals surface area contributed by atoms with Gasteiger partial charge in [-0.2, -0.15) is 5.10 Å². The van der Waals surface area contributed by atoms with Gasteiger partial charge in [-0.05, 0) is 30.3 Å². The largest absolute Gasteiger partial charge is 0.457 e. The Morgan fingerprint density at radius 2 is 1.92 bits per heavy atom. The molecule has 0 aliphatic carbocycles. The van der Waals surface area contributed by atoms with Crippen LogP contribution in [-0.4, -0.2) is 24.9 Å². The van der Waals surface area contributed by atoms with Crippen molar-refractivity contribution in [3.05, 3.63) is 72.4 Å². The number of aliphatic hydroxyl groups is 1. The summed E-state index contributed by atoms with van der Waals surface area (Å²) in [6.45, 7) is 0.464. The normalized spacial score (nSPS) is 11.0. The maximum atomic E-state index is 9.65. The van der Waals surface area contributed by atoms with E-state index in [2.05, 4.69) is 15.2 Å². The highest BCUT2D eigenvalue weighted by Crippen LogP contribution is 2.28. The van der Waals surface area contributed by atoms with Crippen LogP contribution in [-0.2, 0) is 13.2 Å². The van der Waals surface area contributed by atoms with Crippen LogP contribution in [0, 0.1) is 0 Å². The average molecular weight is 320 g/mol. The van der Waals surface area contributed by atoms with Crippen molar-refractivity contribution in [2.45, 2.75) is 13.2 Å². The molecule has 2 aromatic heterocycles. The van der Waals surface area contributed by atoms with Crippen LogP contribution in [0.15, 0.2) is 60.9 Å². The highest BCUT2D eigenvalue weighted by atomic mass is 16.5. The first-order chi connectivity index (χ1) is 11.8. The van der Waals surface area contributed by atoms with Gasteiger partial charge in [-0.25, -0.2) is 4.98 Å². The zero-order valence-corrected chi connectivity index (χ0v) is 12.9. The molecule has 0 aliphatic rings. The molecule has 2 heterocycles. The first-order valence-corrected chi connectivity index (χ1v) is 7.63. The smallest absolute Gasteiger partial charge is 0.144 e. The molecule has 4 rings (SSSR count). The summed E-state index contributed by atoms with van der Waals surface area (Å²) in [5.74, 6) is 2.26. The van der Waals surface area contributed by atoms with E-state index in [1.54, 1.807) is 0 Å². The van der Waals surface area contributed by atoms with E-state index in [1.165, 1.54) is 6.33 Å². The first-order valence-electron chi connectivity index (χ1n) is 7.63. The quantitative estimate of drug-likeness (QED) is 0.592. The molecule has 0 spiro atoms. The van der Waals surface area contributed by atoms with Gasteiger partial charge in [-0.15, -0.1) is 0 Å². The molecule has 0 saturated heterocycles. The molecule has 6 heteroatoms. The van der Waals surface area contributed by atoms with Gasteiger partial charge in [0.15, 0.2) is 0 Å². The molecule has 2 N–H and O–H groups in total. The zero-order valence-electron chi connectivity index (χ0n) is 12.9. The monoisotopic (exact) mass is 320 g/mol. The van der Waals surface area contributed by atoms with Crippen molar-refractivity contribution in [3.8, 4) is 11.5 Å². The van der Waals surface area contributed by atoms with Crippen molar-refractivity contribution in [2.75, 3.05) is 0 Å². The van der Waals surface area contributed by atoms with Crippen LogP contribution in [0.3, 0.4) is 0 Å². The van der Waals surface area contributed by atoms with Crippen molar-refractivity contribution in [3.63, 3.8) is 0 Å². The second-order valence-corrected chi connectivity index (χ2v) is 5.45. The summed E-state index contributed by atoms with van der Waals surface area (Å²) in [5, 5.41) is 17.4. The van der Waals surface area contributed by atoms with E-state index < -0.39 is 0 Å². The van der Waals surface area contributed by atoms with E-state index in [1.807, 2.05) is 59.2 Å². The SMILES string of the molecule is OCc1cc2ccc(Oc3ccccc3)cc2n1Cc1ncn[nH]1. The van der Waals surface area contributed by atoms with Gasteiger partial charge in [-0.3, -0.25) is 5.10 Å². The third kappa shape index (κ3) is 2.75. The highest BCUT2D eigenvalue weighted by Gasteiger charge is 2.11. The summed E-state index contributed by atoms with van der Waals surface area (Å²) in [7, 11) is 0. The predicted octanol–water partition coefficient (Wildman–Crippen LogP) is 3.09. The fourth-order valence-electron chi connectivity index (χ4n) is 2.75. The molecule has 24 heavy (non-hydrogen) atoms. The van der Waals surface area contributed by atoms with E-state index in [9.17, 15) is 5.11 Å². The number of ether oxygens (including phenoxy) is 1. The topological polar surface area (TPSA) is 76.0 Å². The number of aliphatic hydroxyl groups excluding tert-OH is 1. The summed E-state index contributed by atoms with van der Waals surface area (Å²) in [5.41, 5.74) is 1.79. The van der Waals surface area contributed by atoms with Crippen molar-refractivity contribution in [2.24, 2.45) is 0 Å². The van der Waals surface area contributed by atoms with E-state index >= 15 is 0 Å². The number of rotatable bonds is 5. The Hall–Kier alpha value is -3.12. The molecule has 6 nitrogen and oxygen atoms in total. The van der Waals surface area contributed by atoms with E-state index in [0.29, 0.717) is 6.54 Å². The highest BCUT2D eigenvalue weighted by molar-refractivity contribution is 5.83. The van der Waals surface area contributed by atoms with E-state index in [4.69, 9.17) is 4.74 Å². The standard InChI is InChI=1S/C18H16N4O2/c23-11-14-8-13-6-7-16(24-15-4-2-1-3-5-15)9-17(13)22(14)10-18-19-12-20-21-18/h1-9,12,23H,10-11H2,(H,19,20,21). The number of hydrogen-bond acceptors (Lipinski definition) is 4. The Balaban J connectivity index is 1.74. The van der Waals surface area contributed by atoms with E-state index in [-0.39, 0.29) is 6.61 Å². The number of H-pyrrole nitrogens is 1. The van der Waals surface area contributed by atoms with Crippen molar-refractivity contribution in [1.82, 2.24) is 19.7 Å². The second-order valence-electron chi connectivity index (χ2n) is 5.45. The molecule has 0 amide bonds. The number of benzene rings is 2. The fraction of sp³-hybridized carbons (Fsp3) is 0.111. The van der Waals surface area contributed by atoms with Crippen LogP contribution in [0.25, 0.3) is 10.9 Å². The Bertz CT molecular complexity index is 946. The lowest BCUT2D eigenvalue weighted by Gasteiger charge is -2.09. The van der Waals surface area contributed by atoms with Crippen LogP contribution < -0.4 is 4.74 Å². The maximum Gasteiger partial charge on any atom is 0.144 e. The van der Waals surface area contributed by atoms with Crippen LogP contribution in [0.5, 0.6) is 11.5 Å². The van der Waals surface area contributed by atoms with Crippen LogP contribution in [0.4, 0.5) is 0 Å². The maximum absolute atomic E-state index is 9.65. The Morgan fingerprint density at radius 1 is 1.04 bits per heavy atom. The van der Waals surface area contributed by atoms with Crippen molar-refractivity contribution >= 4 is 10.9 Å². The Morgan fingerprint density at radius 3 is 2.67 bits per heavy atom. The van der Waals surface area contributed by atoms with Gasteiger partial charge in [0, 0.05) is 17.1 Å². The predicted molar refractivity (Wildman–Crippen MR) is 89.9 cm³/mol. The minimum atomic E-state index is -0.0440. The van der Waals surface area contributed by atoms with Crippen LogP contribution in [0.1, 0.15) is 11.5 Å². The lowest BCUT2D eigenvalue weighted by Crippen LogP contribution is -2.05. The molecule has 2 aromatic carbocycles. The van der Waals surface area contributed by atoms with Gasteiger partial charge in [0.25, 0.3) is 0 Å². The molecular formula is C18H16N4O2. The fourth-order valence-corrected chi connectivity index (χ4v) is 2.75. The van der Waals surface area contributed by atoms with Crippen molar-refractivity contribution in [1.29, 1.82) is 0 Å². The average Bonchev–Trinajstić information content (AvgIpc) is 3.24. The Kier molecular flexibility index (Phi) is 3.72. The molecule has 120 valence electrons. The Labute approximate surface area is 138 Å². The number of hydrogen-bond donors (Lipinski definition) is 2. The molecule has 0 saturated carbocycles. The number of aromatic amines is 1. The molecule has 0 radical (unpaired) electrons. The molecule has 0 aliphatic heterocycles. The molecular weight excluding hydrogens is 304 g/mol. The third-order valence-electron chi connectivity index (χ3n) is 3.88. The zero-order chi connectivity index (χ0) is 16.4. The number of aromatic nitrogens is 4. The second kappa shape index (κ2) is 6.17. The van der Waals surface area contributed by atoms with Crippen LogP contribution >= 0.6 is 0 Å². The summed E-state index contributed by atoms with van der Waals surface area (Å²) in [4.78, 5) is 4.16. The minimum Gasteiger partial charge on any atom is -0.457 e. The summed E-state index contributed by atoms with van der Waals surface area (Å²) < 4.78 is 7.92.